The van der Waals surface area contributed by atoms with Gasteiger partial charge in [-0.1, -0.05) is 41.9 Å². The maximum Gasteiger partial charge on any atom is 0.345 e. The van der Waals surface area contributed by atoms with Crippen molar-refractivity contribution in [1.29, 1.82) is 0 Å². The second-order valence-corrected chi connectivity index (χ2v) is 9.93. The van der Waals surface area contributed by atoms with Crippen LogP contribution in [-0.2, 0) is 11.3 Å². The van der Waals surface area contributed by atoms with Crippen molar-refractivity contribution in [3.05, 3.63) is 105 Å². The molecule has 4 aromatic rings. The van der Waals surface area contributed by atoms with Gasteiger partial charge in [0, 0.05) is 42.2 Å². The minimum Gasteiger partial charge on any atom is -0.497 e. The van der Waals surface area contributed by atoms with Crippen LogP contribution in [0.5, 0.6) is 5.75 Å². The van der Waals surface area contributed by atoms with Gasteiger partial charge in [0.15, 0.2) is 0 Å². The molecule has 1 amide bonds. The normalized spacial score (nSPS) is 13.4. The highest BCUT2D eigenvalue weighted by molar-refractivity contribution is 6.31. The lowest BCUT2D eigenvalue weighted by Crippen LogP contribution is -2.49. The monoisotopic (exact) mass is 559 g/mol. The van der Waals surface area contributed by atoms with Crippen molar-refractivity contribution >= 4 is 40.1 Å². The summed E-state index contributed by atoms with van der Waals surface area (Å²) in [6, 6.07) is 21.9. The predicted octanol–water partition coefficient (Wildman–Crippen LogP) is 4.85. The lowest BCUT2D eigenvalue weighted by molar-refractivity contribution is 0.0523. The average Bonchev–Trinajstić information content (AvgIpc) is 2.98. The van der Waals surface area contributed by atoms with E-state index in [9.17, 15) is 14.4 Å². The average molecular weight is 560 g/mol. The first-order valence-electron chi connectivity index (χ1n) is 13.2. The van der Waals surface area contributed by atoms with E-state index in [1.165, 1.54) is 0 Å². The highest BCUT2D eigenvalue weighted by atomic mass is 35.5. The summed E-state index contributed by atoms with van der Waals surface area (Å²) >= 11 is 6.45. The topological polar surface area (TPSA) is 81.1 Å². The number of pyridine rings is 1. The van der Waals surface area contributed by atoms with Gasteiger partial charge < -0.3 is 23.8 Å². The van der Waals surface area contributed by atoms with E-state index in [0.29, 0.717) is 59.1 Å². The third-order valence-corrected chi connectivity index (χ3v) is 7.32. The summed E-state index contributed by atoms with van der Waals surface area (Å²) in [6.07, 6.45) is 0. The fraction of sp³-hybridized carbons (Fsp3) is 0.258. The van der Waals surface area contributed by atoms with E-state index < -0.39 is 11.5 Å². The van der Waals surface area contributed by atoms with Crippen LogP contribution < -0.4 is 15.2 Å². The molecule has 1 aromatic heterocycles. The first kappa shape index (κ1) is 27.3. The van der Waals surface area contributed by atoms with Gasteiger partial charge in [-0.25, -0.2) is 4.79 Å². The Balaban J connectivity index is 1.54. The number of anilines is 1. The number of aromatic nitrogens is 1. The van der Waals surface area contributed by atoms with Crippen LogP contribution in [0.25, 0.3) is 10.9 Å². The zero-order valence-electron chi connectivity index (χ0n) is 22.4. The second kappa shape index (κ2) is 11.8. The number of rotatable bonds is 7. The number of ether oxygens (including phenoxy) is 2. The molecule has 0 saturated carbocycles. The van der Waals surface area contributed by atoms with E-state index in [-0.39, 0.29) is 24.6 Å². The Labute approximate surface area is 237 Å². The maximum absolute atomic E-state index is 14.0. The molecule has 0 N–H and O–H groups in total. The fourth-order valence-corrected chi connectivity index (χ4v) is 5.27. The molecule has 8 nitrogen and oxygen atoms in total. The van der Waals surface area contributed by atoms with Gasteiger partial charge in [0.2, 0.25) is 0 Å². The third kappa shape index (κ3) is 5.40. The molecule has 0 spiro atoms. The Morgan fingerprint density at radius 2 is 1.62 bits per heavy atom. The van der Waals surface area contributed by atoms with Crippen molar-refractivity contribution < 1.29 is 19.1 Å². The highest BCUT2D eigenvalue weighted by Gasteiger charge is 2.30. The number of carbonyl (C=O) groups is 2. The standard InChI is InChI=1S/C31H30ClN3O5/c1-3-40-31(38)27-28(33-15-17-34(18-16-33)29(36)22-9-12-24(39-2)13-10-22)25-19-23(32)11-14-26(25)35(30(27)37)20-21-7-5-4-6-8-21/h4-14,19H,3,15-18,20H2,1-2H3. The fourth-order valence-electron chi connectivity index (χ4n) is 5.10. The van der Waals surface area contributed by atoms with Gasteiger partial charge in [-0.05, 0) is 55.0 Å². The van der Waals surface area contributed by atoms with E-state index >= 15 is 0 Å². The lowest BCUT2D eigenvalue weighted by atomic mass is 10.0. The van der Waals surface area contributed by atoms with Crippen molar-refractivity contribution in [2.24, 2.45) is 0 Å². The first-order valence-corrected chi connectivity index (χ1v) is 13.5. The van der Waals surface area contributed by atoms with Crippen LogP contribution in [0.3, 0.4) is 0 Å². The van der Waals surface area contributed by atoms with Crippen LogP contribution in [0, 0.1) is 0 Å². The Hall–Kier alpha value is -4.30. The molecule has 206 valence electrons. The van der Waals surface area contributed by atoms with Gasteiger partial charge in [0.05, 0.1) is 31.5 Å². The molecule has 5 rings (SSSR count). The molecule has 9 heteroatoms. The van der Waals surface area contributed by atoms with Crippen molar-refractivity contribution in [2.75, 3.05) is 44.8 Å². The van der Waals surface area contributed by atoms with Gasteiger partial charge in [-0.15, -0.1) is 0 Å². The number of piperazine rings is 1. The Morgan fingerprint density at radius 1 is 0.925 bits per heavy atom. The van der Waals surface area contributed by atoms with Gasteiger partial charge in [-0.3, -0.25) is 9.59 Å². The summed E-state index contributed by atoms with van der Waals surface area (Å²) in [5.41, 5.74) is 2.20. The first-order chi connectivity index (χ1) is 19.4. The largest absolute Gasteiger partial charge is 0.497 e. The number of fused-ring (bicyclic) bond motifs is 1. The van der Waals surface area contributed by atoms with E-state index in [0.717, 1.165) is 5.56 Å². The van der Waals surface area contributed by atoms with Crippen LogP contribution in [-0.4, -0.2) is 61.2 Å². The number of methoxy groups -OCH3 is 1. The number of carbonyl (C=O) groups excluding carboxylic acids is 2. The molecule has 0 bridgehead atoms. The van der Waals surface area contributed by atoms with E-state index in [1.54, 1.807) is 59.9 Å². The number of hydrogen-bond acceptors (Lipinski definition) is 6. The minimum absolute atomic E-state index is 0.0255. The molecule has 1 fully saturated rings. The predicted molar refractivity (Wildman–Crippen MR) is 156 cm³/mol. The number of hydrogen-bond donors (Lipinski definition) is 0. The second-order valence-electron chi connectivity index (χ2n) is 9.49. The summed E-state index contributed by atoms with van der Waals surface area (Å²) in [7, 11) is 1.58. The summed E-state index contributed by atoms with van der Waals surface area (Å²) in [5.74, 6) is -0.0811. The number of benzene rings is 3. The third-order valence-electron chi connectivity index (χ3n) is 7.08. The van der Waals surface area contributed by atoms with E-state index in [2.05, 4.69) is 0 Å². The van der Waals surface area contributed by atoms with Crippen molar-refractivity contribution in [3.63, 3.8) is 0 Å². The minimum atomic E-state index is -0.678. The quantitative estimate of drug-likeness (QED) is 0.301. The number of esters is 1. The number of amides is 1. The van der Waals surface area contributed by atoms with Crippen molar-refractivity contribution in [3.8, 4) is 5.75 Å². The van der Waals surface area contributed by atoms with Crippen LogP contribution in [0.1, 0.15) is 33.2 Å². The Kier molecular flexibility index (Phi) is 8.07. The lowest BCUT2D eigenvalue weighted by Gasteiger charge is -2.37. The SMILES string of the molecule is CCOC(=O)c1c(N2CCN(C(=O)c3ccc(OC)cc3)CC2)c2cc(Cl)ccc2n(Cc2ccccc2)c1=O. The van der Waals surface area contributed by atoms with Crippen LogP contribution in [0.15, 0.2) is 77.6 Å². The number of halogens is 1. The zero-order valence-corrected chi connectivity index (χ0v) is 23.2. The van der Waals surface area contributed by atoms with Crippen molar-refractivity contribution in [1.82, 2.24) is 9.47 Å². The van der Waals surface area contributed by atoms with Crippen LogP contribution in [0.2, 0.25) is 5.02 Å². The van der Waals surface area contributed by atoms with Gasteiger partial charge >= 0.3 is 5.97 Å². The van der Waals surface area contributed by atoms with Gasteiger partial charge in [0.25, 0.3) is 11.5 Å². The molecule has 1 saturated heterocycles. The molecule has 0 unspecified atom stereocenters. The highest BCUT2D eigenvalue weighted by Crippen LogP contribution is 2.33. The summed E-state index contributed by atoms with van der Waals surface area (Å²) in [4.78, 5) is 44.2. The van der Waals surface area contributed by atoms with Crippen LogP contribution in [0.4, 0.5) is 5.69 Å². The van der Waals surface area contributed by atoms with Crippen LogP contribution >= 0.6 is 11.6 Å². The Bertz CT molecular complexity index is 1590. The molecule has 1 aliphatic rings. The molecule has 2 heterocycles. The summed E-state index contributed by atoms with van der Waals surface area (Å²) < 4.78 is 12.2. The molecule has 3 aromatic carbocycles. The summed E-state index contributed by atoms with van der Waals surface area (Å²) in [5, 5.41) is 1.17. The molecular weight excluding hydrogens is 530 g/mol. The maximum atomic E-state index is 14.0. The smallest absolute Gasteiger partial charge is 0.345 e. The summed E-state index contributed by atoms with van der Waals surface area (Å²) in [6.45, 7) is 3.82. The van der Waals surface area contributed by atoms with Gasteiger partial charge in [0.1, 0.15) is 11.3 Å². The molecule has 0 radical (unpaired) electrons. The molecule has 0 aliphatic carbocycles. The van der Waals surface area contributed by atoms with Crippen molar-refractivity contribution in [2.45, 2.75) is 13.5 Å². The molecule has 1 aliphatic heterocycles. The van der Waals surface area contributed by atoms with Gasteiger partial charge in [-0.2, -0.15) is 0 Å². The molecule has 0 atom stereocenters. The zero-order chi connectivity index (χ0) is 28.2. The Morgan fingerprint density at radius 3 is 2.27 bits per heavy atom. The molecule has 40 heavy (non-hydrogen) atoms. The molecular formula is C31H30ClN3O5. The van der Waals surface area contributed by atoms with E-state index in [1.807, 2.05) is 41.3 Å². The number of nitrogens with zero attached hydrogens (tertiary/aromatic N) is 3. The van der Waals surface area contributed by atoms with E-state index in [4.69, 9.17) is 21.1 Å².